The summed E-state index contributed by atoms with van der Waals surface area (Å²) in [7, 11) is 0. The molecule has 2 aliphatic rings. The number of hydrogen-bond acceptors (Lipinski definition) is 3. The van der Waals surface area contributed by atoms with Crippen LogP contribution in [0.25, 0.3) is 0 Å². The fourth-order valence-electron chi connectivity index (χ4n) is 3.58. The largest absolute Gasteiger partial charge is 0.369 e. The van der Waals surface area contributed by atoms with Crippen LogP contribution in [0.1, 0.15) is 42.1 Å². The second-order valence-corrected chi connectivity index (χ2v) is 7.66. The van der Waals surface area contributed by atoms with Crippen molar-refractivity contribution < 1.29 is 9.59 Å². The third kappa shape index (κ3) is 3.89. The second kappa shape index (κ2) is 7.39. The van der Waals surface area contributed by atoms with Crippen LogP contribution < -0.4 is 5.73 Å². The van der Waals surface area contributed by atoms with Gasteiger partial charge < -0.3 is 10.6 Å². The first-order valence-corrected chi connectivity index (χ1v) is 9.46. The topological polar surface area (TPSA) is 63.4 Å². The molecular formula is C18H24N2O2S. The highest BCUT2D eigenvalue weighted by Gasteiger charge is 2.28. The zero-order valence-electron chi connectivity index (χ0n) is 13.4. The molecule has 1 fully saturated rings. The zero-order chi connectivity index (χ0) is 16.2. The third-order valence-electron chi connectivity index (χ3n) is 4.90. The quantitative estimate of drug-likeness (QED) is 0.921. The molecule has 5 heteroatoms. The Morgan fingerprint density at radius 2 is 2.04 bits per heavy atom. The van der Waals surface area contributed by atoms with Crippen molar-refractivity contribution in [3.63, 3.8) is 0 Å². The molecule has 1 aromatic carbocycles. The Kier molecular flexibility index (Phi) is 5.26. The smallest absolute Gasteiger partial charge is 0.232 e. The average Bonchev–Trinajstić information content (AvgIpc) is 2.59. The maximum absolute atomic E-state index is 12.5. The van der Waals surface area contributed by atoms with Crippen LogP contribution in [0.2, 0.25) is 0 Å². The molecule has 2 amide bonds. The summed E-state index contributed by atoms with van der Waals surface area (Å²) in [6, 6.07) is 8.57. The van der Waals surface area contributed by atoms with Crippen LogP contribution in [0.4, 0.5) is 0 Å². The number of benzene rings is 1. The van der Waals surface area contributed by atoms with Gasteiger partial charge in [-0.1, -0.05) is 24.3 Å². The molecule has 0 radical (unpaired) electrons. The van der Waals surface area contributed by atoms with Gasteiger partial charge in [-0.05, 0) is 43.2 Å². The molecule has 1 aliphatic heterocycles. The summed E-state index contributed by atoms with van der Waals surface area (Å²) < 4.78 is 0. The molecule has 1 saturated heterocycles. The normalized spacial score (nSPS) is 24.1. The van der Waals surface area contributed by atoms with E-state index in [2.05, 4.69) is 24.3 Å². The van der Waals surface area contributed by atoms with E-state index in [0.717, 1.165) is 32.2 Å². The van der Waals surface area contributed by atoms with Crippen molar-refractivity contribution in [2.45, 2.75) is 37.4 Å². The van der Waals surface area contributed by atoms with Crippen molar-refractivity contribution in [1.29, 1.82) is 0 Å². The van der Waals surface area contributed by atoms with Crippen LogP contribution >= 0.6 is 11.8 Å². The van der Waals surface area contributed by atoms with Crippen LogP contribution in [-0.2, 0) is 16.0 Å². The maximum Gasteiger partial charge on any atom is 0.232 e. The Balaban J connectivity index is 1.56. The molecule has 3 rings (SSSR count). The van der Waals surface area contributed by atoms with Gasteiger partial charge in [0.05, 0.1) is 11.7 Å². The van der Waals surface area contributed by atoms with Crippen LogP contribution in [-0.4, -0.2) is 35.6 Å². The Hall–Kier alpha value is -1.49. The van der Waals surface area contributed by atoms with E-state index in [1.165, 1.54) is 17.5 Å². The number of likely N-dealkylation sites (tertiary alicyclic amines) is 1. The van der Waals surface area contributed by atoms with Gasteiger partial charge in [0.15, 0.2) is 0 Å². The standard InChI is InChI=1S/C18H24N2O2S/c19-18(22)14-7-4-10-20(11-14)17(21)12-23-16-9-3-6-13-5-1-2-8-15(13)16/h1-2,5,8,14,16H,3-4,6-7,9-12H2,(H2,19,22)/t14-,16+/m1/s1. The number of rotatable bonds is 4. The van der Waals surface area contributed by atoms with Gasteiger partial charge >= 0.3 is 0 Å². The molecule has 2 atom stereocenters. The molecule has 0 saturated carbocycles. The van der Waals surface area contributed by atoms with Gasteiger partial charge in [0, 0.05) is 18.3 Å². The van der Waals surface area contributed by atoms with Crippen molar-refractivity contribution >= 4 is 23.6 Å². The summed E-state index contributed by atoms with van der Waals surface area (Å²) in [5.41, 5.74) is 8.21. The number of amides is 2. The number of aryl methyl sites for hydroxylation is 1. The van der Waals surface area contributed by atoms with Gasteiger partial charge in [0.1, 0.15) is 0 Å². The molecule has 124 valence electrons. The zero-order valence-corrected chi connectivity index (χ0v) is 14.2. The second-order valence-electron chi connectivity index (χ2n) is 6.47. The van der Waals surface area contributed by atoms with E-state index in [0.29, 0.717) is 17.5 Å². The number of thioether (sulfide) groups is 1. The summed E-state index contributed by atoms with van der Waals surface area (Å²) in [6.45, 7) is 1.25. The van der Waals surface area contributed by atoms with Gasteiger partial charge in [-0.2, -0.15) is 0 Å². The lowest BCUT2D eigenvalue weighted by Crippen LogP contribution is -2.44. The van der Waals surface area contributed by atoms with Crippen LogP contribution in [0.3, 0.4) is 0 Å². The molecule has 2 N–H and O–H groups in total. The van der Waals surface area contributed by atoms with Crippen molar-refractivity contribution in [3.8, 4) is 0 Å². The molecular weight excluding hydrogens is 308 g/mol. The first-order chi connectivity index (χ1) is 11.1. The number of piperidine rings is 1. The van der Waals surface area contributed by atoms with E-state index in [-0.39, 0.29) is 17.7 Å². The number of primary amides is 1. The molecule has 4 nitrogen and oxygen atoms in total. The summed E-state index contributed by atoms with van der Waals surface area (Å²) in [5.74, 6) is 0.179. The number of nitrogens with zero attached hydrogens (tertiary/aromatic N) is 1. The van der Waals surface area contributed by atoms with Gasteiger partial charge in [-0.15, -0.1) is 11.8 Å². The first kappa shape index (κ1) is 16.4. The molecule has 1 aliphatic carbocycles. The molecule has 0 spiro atoms. The highest BCUT2D eigenvalue weighted by molar-refractivity contribution is 8.00. The van der Waals surface area contributed by atoms with E-state index in [4.69, 9.17) is 5.73 Å². The fraction of sp³-hybridized carbons (Fsp3) is 0.556. The van der Waals surface area contributed by atoms with E-state index in [1.54, 1.807) is 11.8 Å². The van der Waals surface area contributed by atoms with E-state index in [1.807, 2.05) is 4.90 Å². The number of carbonyl (C=O) groups is 2. The summed E-state index contributed by atoms with van der Waals surface area (Å²) in [4.78, 5) is 25.6. The van der Waals surface area contributed by atoms with Crippen molar-refractivity contribution in [1.82, 2.24) is 4.90 Å². The number of nitrogens with two attached hydrogens (primary N) is 1. The van der Waals surface area contributed by atoms with E-state index < -0.39 is 0 Å². The average molecular weight is 332 g/mol. The Bertz CT molecular complexity index is 590. The summed E-state index contributed by atoms with van der Waals surface area (Å²) in [6.07, 6.45) is 5.15. The highest BCUT2D eigenvalue weighted by Crippen LogP contribution is 2.39. The molecule has 0 unspecified atom stereocenters. The van der Waals surface area contributed by atoms with Gasteiger partial charge in [0.2, 0.25) is 11.8 Å². The fourth-order valence-corrected chi connectivity index (χ4v) is 4.85. The van der Waals surface area contributed by atoms with Crippen LogP contribution in [0.5, 0.6) is 0 Å². The minimum absolute atomic E-state index is 0.143. The van der Waals surface area contributed by atoms with Gasteiger partial charge in [-0.25, -0.2) is 0 Å². The lowest BCUT2D eigenvalue weighted by Gasteiger charge is -2.32. The maximum atomic E-state index is 12.5. The lowest BCUT2D eigenvalue weighted by atomic mass is 9.91. The first-order valence-electron chi connectivity index (χ1n) is 8.41. The number of carbonyl (C=O) groups excluding carboxylic acids is 2. The minimum atomic E-state index is -0.281. The Labute approximate surface area is 141 Å². The van der Waals surface area contributed by atoms with E-state index >= 15 is 0 Å². The Morgan fingerprint density at radius 1 is 1.22 bits per heavy atom. The SMILES string of the molecule is NC(=O)[C@@H]1CCCN(C(=O)CS[C@H]2CCCc3ccccc32)C1. The van der Waals surface area contributed by atoms with Crippen molar-refractivity contribution in [3.05, 3.63) is 35.4 Å². The summed E-state index contributed by atoms with van der Waals surface area (Å²) >= 11 is 1.74. The predicted octanol–water partition coefficient (Wildman–Crippen LogP) is 2.52. The Morgan fingerprint density at radius 3 is 2.87 bits per heavy atom. The highest BCUT2D eigenvalue weighted by atomic mass is 32.2. The van der Waals surface area contributed by atoms with Gasteiger partial charge in [-0.3, -0.25) is 9.59 Å². The molecule has 0 aromatic heterocycles. The van der Waals surface area contributed by atoms with Crippen molar-refractivity contribution in [2.24, 2.45) is 11.7 Å². The van der Waals surface area contributed by atoms with Crippen LogP contribution in [0.15, 0.2) is 24.3 Å². The number of hydrogen-bond donors (Lipinski definition) is 1. The molecule has 0 bridgehead atoms. The lowest BCUT2D eigenvalue weighted by molar-refractivity contribution is -0.132. The third-order valence-corrected chi connectivity index (χ3v) is 6.20. The number of fused-ring (bicyclic) bond motifs is 1. The van der Waals surface area contributed by atoms with Crippen LogP contribution in [0, 0.1) is 5.92 Å². The van der Waals surface area contributed by atoms with Crippen molar-refractivity contribution in [2.75, 3.05) is 18.8 Å². The summed E-state index contributed by atoms with van der Waals surface area (Å²) in [5, 5.41) is 0.417. The minimum Gasteiger partial charge on any atom is -0.369 e. The molecule has 1 heterocycles. The van der Waals surface area contributed by atoms with Gasteiger partial charge in [0.25, 0.3) is 0 Å². The molecule has 23 heavy (non-hydrogen) atoms. The predicted molar refractivity (Wildman–Crippen MR) is 93.1 cm³/mol. The monoisotopic (exact) mass is 332 g/mol. The molecule has 1 aromatic rings. The van der Waals surface area contributed by atoms with E-state index in [9.17, 15) is 9.59 Å².